The van der Waals surface area contributed by atoms with Gasteiger partial charge in [0, 0.05) is 18.8 Å². The van der Waals surface area contributed by atoms with Crippen molar-refractivity contribution in [2.45, 2.75) is 38.0 Å². The van der Waals surface area contributed by atoms with Gasteiger partial charge in [0.1, 0.15) is 0 Å². The van der Waals surface area contributed by atoms with Crippen LogP contribution in [0.25, 0.3) is 0 Å². The predicted octanol–water partition coefficient (Wildman–Crippen LogP) is 2.74. The van der Waals surface area contributed by atoms with Crippen molar-refractivity contribution in [3.63, 3.8) is 0 Å². The highest BCUT2D eigenvalue weighted by Crippen LogP contribution is 2.25. The molecule has 0 bridgehead atoms. The molecule has 2 atom stereocenters. The molecule has 19 heavy (non-hydrogen) atoms. The third kappa shape index (κ3) is 5.16. The second-order valence-corrected chi connectivity index (χ2v) is 4.62. The number of rotatable bonds is 6. The smallest absolute Gasteiger partial charge is 0.326 e. The largest absolute Gasteiger partial charge is 0.390 e. The van der Waals surface area contributed by atoms with Crippen LogP contribution in [0.4, 0.5) is 13.2 Å². The number of halogens is 3. The highest BCUT2D eigenvalue weighted by Gasteiger charge is 2.30. The molecule has 0 fully saturated rings. The molecule has 0 radical (unpaired) electrons. The third-order valence-electron chi connectivity index (χ3n) is 3.09. The third-order valence-corrected chi connectivity index (χ3v) is 3.09. The summed E-state index contributed by atoms with van der Waals surface area (Å²) >= 11 is 0. The van der Waals surface area contributed by atoms with Crippen LogP contribution in [0.5, 0.6) is 0 Å². The van der Waals surface area contributed by atoms with Crippen molar-refractivity contribution in [1.82, 2.24) is 9.88 Å². The van der Waals surface area contributed by atoms with Crippen molar-refractivity contribution in [2.24, 2.45) is 5.73 Å². The first kappa shape index (κ1) is 15.9. The SMILES string of the molecule is CCC(N)C(c1ccccn1)N(C)CCC(F)(F)F. The maximum Gasteiger partial charge on any atom is 0.390 e. The Morgan fingerprint density at radius 1 is 1.37 bits per heavy atom. The summed E-state index contributed by atoms with van der Waals surface area (Å²) in [6, 6.07) is 4.84. The summed E-state index contributed by atoms with van der Waals surface area (Å²) in [5.41, 5.74) is 6.74. The van der Waals surface area contributed by atoms with Crippen LogP contribution in [0.15, 0.2) is 24.4 Å². The van der Waals surface area contributed by atoms with Crippen molar-refractivity contribution in [2.75, 3.05) is 13.6 Å². The van der Waals surface area contributed by atoms with Crippen molar-refractivity contribution in [3.8, 4) is 0 Å². The molecule has 0 aliphatic carbocycles. The minimum atomic E-state index is -4.15. The summed E-state index contributed by atoms with van der Waals surface area (Å²) in [6.07, 6.45) is -2.69. The van der Waals surface area contributed by atoms with E-state index in [9.17, 15) is 13.2 Å². The fourth-order valence-electron chi connectivity index (χ4n) is 1.99. The Labute approximate surface area is 111 Å². The molecule has 1 aromatic heterocycles. The Balaban J connectivity index is 2.80. The first-order chi connectivity index (χ1) is 8.85. The van der Waals surface area contributed by atoms with Crippen LogP contribution in [0, 0.1) is 0 Å². The van der Waals surface area contributed by atoms with Crippen LogP contribution in [0.1, 0.15) is 31.5 Å². The van der Waals surface area contributed by atoms with Crippen LogP contribution >= 0.6 is 0 Å². The standard InChI is InChI=1S/C13H20F3N3/c1-3-10(17)12(11-6-4-5-8-18-11)19(2)9-7-13(14,15)16/h4-6,8,10,12H,3,7,9,17H2,1-2H3. The predicted molar refractivity (Wildman–Crippen MR) is 68.5 cm³/mol. The van der Waals surface area contributed by atoms with E-state index in [1.54, 1.807) is 30.3 Å². The molecule has 2 unspecified atom stereocenters. The number of likely N-dealkylation sites (N-methyl/N-ethyl adjacent to an activating group) is 1. The average Bonchev–Trinajstić information content (AvgIpc) is 2.37. The van der Waals surface area contributed by atoms with Gasteiger partial charge in [0.25, 0.3) is 0 Å². The maximum absolute atomic E-state index is 12.3. The molecule has 6 heteroatoms. The molecule has 2 N–H and O–H groups in total. The number of nitrogens with two attached hydrogens (primary N) is 1. The monoisotopic (exact) mass is 275 g/mol. The highest BCUT2D eigenvalue weighted by molar-refractivity contribution is 5.11. The van der Waals surface area contributed by atoms with Crippen molar-refractivity contribution >= 4 is 0 Å². The van der Waals surface area contributed by atoms with Gasteiger partial charge in [0.05, 0.1) is 18.2 Å². The molecule has 1 aromatic rings. The van der Waals surface area contributed by atoms with Gasteiger partial charge in [-0.1, -0.05) is 13.0 Å². The van der Waals surface area contributed by atoms with Gasteiger partial charge in [0.2, 0.25) is 0 Å². The van der Waals surface area contributed by atoms with E-state index in [2.05, 4.69) is 4.98 Å². The summed E-state index contributed by atoms with van der Waals surface area (Å²) in [6.45, 7) is 1.83. The summed E-state index contributed by atoms with van der Waals surface area (Å²) in [5, 5.41) is 0. The molecule has 0 aromatic carbocycles. The highest BCUT2D eigenvalue weighted by atomic mass is 19.4. The van der Waals surface area contributed by atoms with Gasteiger partial charge in [-0.15, -0.1) is 0 Å². The molecular weight excluding hydrogens is 255 g/mol. The lowest BCUT2D eigenvalue weighted by Gasteiger charge is -2.32. The molecule has 0 aliphatic heterocycles. The minimum absolute atomic E-state index is 0.0849. The topological polar surface area (TPSA) is 42.1 Å². The number of pyridine rings is 1. The Morgan fingerprint density at radius 2 is 2.05 bits per heavy atom. The first-order valence-corrected chi connectivity index (χ1v) is 6.28. The van der Waals surface area contributed by atoms with Gasteiger partial charge < -0.3 is 5.73 Å². The van der Waals surface area contributed by atoms with Crippen LogP contribution in [-0.4, -0.2) is 35.7 Å². The van der Waals surface area contributed by atoms with E-state index in [1.165, 1.54) is 0 Å². The number of aromatic nitrogens is 1. The van der Waals surface area contributed by atoms with E-state index in [0.29, 0.717) is 12.1 Å². The van der Waals surface area contributed by atoms with E-state index in [0.717, 1.165) is 0 Å². The molecule has 1 rings (SSSR count). The molecule has 0 spiro atoms. The lowest BCUT2D eigenvalue weighted by Crippen LogP contribution is -2.40. The Hall–Kier alpha value is -1.14. The number of hydrogen-bond acceptors (Lipinski definition) is 3. The molecule has 0 saturated carbocycles. The number of nitrogens with zero attached hydrogens (tertiary/aromatic N) is 2. The Morgan fingerprint density at radius 3 is 2.53 bits per heavy atom. The minimum Gasteiger partial charge on any atom is -0.326 e. The average molecular weight is 275 g/mol. The summed E-state index contributed by atoms with van der Waals surface area (Å²) in [4.78, 5) is 5.84. The van der Waals surface area contributed by atoms with Crippen molar-refractivity contribution in [1.29, 1.82) is 0 Å². The zero-order chi connectivity index (χ0) is 14.5. The van der Waals surface area contributed by atoms with Crippen LogP contribution < -0.4 is 5.73 Å². The van der Waals surface area contributed by atoms with E-state index < -0.39 is 12.6 Å². The van der Waals surface area contributed by atoms with E-state index in [4.69, 9.17) is 5.73 Å². The normalized spacial score (nSPS) is 15.5. The molecule has 0 saturated heterocycles. The quantitative estimate of drug-likeness (QED) is 0.868. The zero-order valence-electron chi connectivity index (χ0n) is 11.2. The zero-order valence-corrected chi connectivity index (χ0v) is 11.2. The molecule has 1 heterocycles. The first-order valence-electron chi connectivity index (χ1n) is 6.28. The van der Waals surface area contributed by atoms with Gasteiger partial charge >= 0.3 is 6.18 Å². The summed E-state index contributed by atoms with van der Waals surface area (Å²) in [7, 11) is 1.65. The van der Waals surface area contributed by atoms with Gasteiger partial charge in [-0.25, -0.2) is 0 Å². The van der Waals surface area contributed by atoms with Crippen LogP contribution in [0.3, 0.4) is 0 Å². The Bertz CT molecular complexity index is 367. The van der Waals surface area contributed by atoms with Crippen LogP contribution in [0.2, 0.25) is 0 Å². The number of alkyl halides is 3. The van der Waals surface area contributed by atoms with Crippen molar-refractivity contribution in [3.05, 3.63) is 30.1 Å². The molecular formula is C13H20F3N3. The van der Waals surface area contributed by atoms with Gasteiger partial charge in [-0.2, -0.15) is 13.2 Å². The number of hydrogen-bond donors (Lipinski definition) is 1. The van der Waals surface area contributed by atoms with E-state index in [-0.39, 0.29) is 18.6 Å². The van der Waals surface area contributed by atoms with Crippen molar-refractivity contribution < 1.29 is 13.2 Å². The van der Waals surface area contributed by atoms with Gasteiger partial charge in [0.15, 0.2) is 0 Å². The maximum atomic E-state index is 12.3. The second-order valence-electron chi connectivity index (χ2n) is 4.62. The van der Waals surface area contributed by atoms with Crippen LogP contribution in [-0.2, 0) is 0 Å². The fourth-order valence-corrected chi connectivity index (χ4v) is 1.99. The summed E-state index contributed by atoms with van der Waals surface area (Å²) < 4.78 is 36.9. The van der Waals surface area contributed by atoms with Gasteiger partial charge in [-0.05, 0) is 25.6 Å². The Kier molecular flexibility index (Phi) is 5.75. The molecule has 0 aliphatic rings. The molecule has 3 nitrogen and oxygen atoms in total. The molecule has 108 valence electrons. The summed E-state index contributed by atoms with van der Waals surface area (Å²) in [5.74, 6) is 0. The van der Waals surface area contributed by atoms with Gasteiger partial charge in [-0.3, -0.25) is 9.88 Å². The lowest BCUT2D eigenvalue weighted by molar-refractivity contribution is -0.138. The molecule has 0 amide bonds. The second kappa shape index (κ2) is 6.86. The lowest BCUT2D eigenvalue weighted by atomic mass is 10.0. The van der Waals surface area contributed by atoms with E-state index >= 15 is 0 Å². The fraction of sp³-hybridized carbons (Fsp3) is 0.615. The van der Waals surface area contributed by atoms with E-state index in [1.807, 2.05) is 13.0 Å².